The predicted molar refractivity (Wildman–Crippen MR) is 97.9 cm³/mol. The van der Waals surface area contributed by atoms with E-state index in [2.05, 4.69) is 20.5 Å². The van der Waals surface area contributed by atoms with Gasteiger partial charge in [-0.2, -0.15) is 0 Å². The number of carbonyl (C=O) groups excluding carboxylic acids is 1. The summed E-state index contributed by atoms with van der Waals surface area (Å²) < 4.78 is 7.43. The molecule has 26 heavy (non-hydrogen) atoms. The van der Waals surface area contributed by atoms with Gasteiger partial charge in [0.15, 0.2) is 5.82 Å². The maximum absolute atomic E-state index is 12.0. The van der Waals surface area contributed by atoms with Gasteiger partial charge in [-0.3, -0.25) is 9.36 Å². The number of benzene rings is 1. The van der Waals surface area contributed by atoms with Crippen molar-refractivity contribution in [1.82, 2.24) is 19.7 Å². The fourth-order valence-corrected chi connectivity index (χ4v) is 2.85. The first-order valence-electron chi connectivity index (χ1n) is 7.73. The van der Waals surface area contributed by atoms with Crippen molar-refractivity contribution < 1.29 is 9.53 Å². The van der Waals surface area contributed by atoms with E-state index < -0.39 is 0 Å². The van der Waals surface area contributed by atoms with Gasteiger partial charge in [0.25, 0.3) is 5.91 Å². The Labute approximate surface area is 152 Å². The summed E-state index contributed by atoms with van der Waals surface area (Å²) in [4.78, 5) is 16.7. The monoisotopic (exact) mass is 363 g/mol. The summed E-state index contributed by atoms with van der Waals surface area (Å²) in [6.45, 7) is 0. The Morgan fingerprint density at radius 2 is 1.96 bits per heavy atom. The Bertz CT molecular complexity index is 981. The molecule has 1 amide bonds. The number of imidazole rings is 1. The minimum atomic E-state index is -0.130. The first kappa shape index (κ1) is 16.0. The molecule has 0 aliphatic heterocycles. The number of anilines is 1. The molecule has 0 fully saturated rings. The lowest BCUT2D eigenvalue weighted by molar-refractivity contribution is 0.103. The van der Waals surface area contributed by atoms with Crippen LogP contribution in [0.1, 0.15) is 9.67 Å². The third kappa shape index (κ3) is 3.60. The number of thiophene rings is 1. The highest BCUT2D eigenvalue weighted by atomic mass is 32.1. The van der Waals surface area contributed by atoms with Gasteiger partial charge in [-0.15, -0.1) is 21.5 Å². The Morgan fingerprint density at radius 3 is 2.62 bits per heavy atom. The zero-order valence-electron chi connectivity index (χ0n) is 13.4. The van der Waals surface area contributed by atoms with E-state index in [0.29, 0.717) is 28.0 Å². The molecule has 0 atom stereocenters. The highest BCUT2D eigenvalue weighted by molar-refractivity contribution is 7.12. The molecule has 3 aromatic heterocycles. The van der Waals surface area contributed by atoms with Crippen LogP contribution in [0.25, 0.3) is 5.82 Å². The Kier molecular flexibility index (Phi) is 4.40. The fraction of sp³-hybridized carbons (Fsp3) is 0. The molecule has 0 unspecified atom stereocenters. The van der Waals surface area contributed by atoms with Crippen LogP contribution in [-0.4, -0.2) is 25.7 Å². The van der Waals surface area contributed by atoms with E-state index in [4.69, 9.17) is 4.74 Å². The second-order valence-corrected chi connectivity index (χ2v) is 6.21. The molecule has 4 aromatic rings. The van der Waals surface area contributed by atoms with E-state index in [1.165, 1.54) is 11.3 Å². The third-order valence-corrected chi connectivity index (χ3v) is 4.34. The molecular weight excluding hydrogens is 350 g/mol. The number of rotatable bonds is 5. The van der Waals surface area contributed by atoms with Gasteiger partial charge in [0, 0.05) is 24.1 Å². The normalized spacial score (nSPS) is 10.5. The minimum absolute atomic E-state index is 0.130. The summed E-state index contributed by atoms with van der Waals surface area (Å²) in [7, 11) is 0. The summed E-state index contributed by atoms with van der Waals surface area (Å²) >= 11 is 1.40. The lowest BCUT2D eigenvalue weighted by Gasteiger charge is -2.07. The van der Waals surface area contributed by atoms with E-state index in [-0.39, 0.29) is 5.91 Å². The second-order valence-electron chi connectivity index (χ2n) is 5.26. The molecule has 0 aliphatic rings. The van der Waals surface area contributed by atoms with Crippen molar-refractivity contribution in [2.75, 3.05) is 5.32 Å². The van der Waals surface area contributed by atoms with Crippen LogP contribution in [0.3, 0.4) is 0 Å². The number of aromatic nitrogens is 4. The van der Waals surface area contributed by atoms with E-state index in [0.717, 1.165) is 0 Å². The lowest BCUT2D eigenvalue weighted by Crippen LogP contribution is -2.09. The van der Waals surface area contributed by atoms with Crippen molar-refractivity contribution in [3.63, 3.8) is 0 Å². The standard InChI is InChI=1S/C18H13N5O2S/c24-18(15-2-1-11-26-15)20-13-3-5-14(6-4-13)25-17-8-7-16(21-22-17)23-10-9-19-12-23/h1-12H,(H,20,24). The smallest absolute Gasteiger partial charge is 0.265 e. The van der Waals surface area contributed by atoms with Crippen LogP contribution < -0.4 is 10.1 Å². The predicted octanol–water partition coefficient (Wildman–Crippen LogP) is 3.77. The molecule has 4 rings (SSSR count). The summed E-state index contributed by atoms with van der Waals surface area (Å²) in [6, 6.07) is 14.2. The summed E-state index contributed by atoms with van der Waals surface area (Å²) in [5.74, 6) is 1.50. The number of carbonyl (C=O) groups is 1. The van der Waals surface area contributed by atoms with Gasteiger partial charge in [0.2, 0.25) is 5.88 Å². The highest BCUT2D eigenvalue weighted by Crippen LogP contribution is 2.22. The first-order chi connectivity index (χ1) is 12.8. The van der Waals surface area contributed by atoms with E-state index in [9.17, 15) is 4.79 Å². The average Bonchev–Trinajstić information content (AvgIpc) is 3.38. The van der Waals surface area contributed by atoms with Crippen molar-refractivity contribution >= 4 is 22.9 Å². The molecule has 1 aromatic carbocycles. The molecular formula is C18H13N5O2S. The molecule has 0 saturated heterocycles. The van der Waals surface area contributed by atoms with Crippen molar-refractivity contribution in [2.24, 2.45) is 0 Å². The third-order valence-electron chi connectivity index (χ3n) is 3.47. The first-order valence-corrected chi connectivity index (χ1v) is 8.61. The molecule has 0 radical (unpaired) electrons. The van der Waals surface area contributed by atoms with Gasteiger partial charge in [-0.05, 0) is 41.8 Å². The highest BCUT2D eigenvalue weighted by Gasteiger charge is 2.07. The van der Waals surface area contributed by atoms with Crippen LogP contribution >= 0.6 is 11.3 Å². The number of ether oxygens (including phenoxy) is 1. The van der Waals surface area contributed by atoms with Crippen molar-refractivity contribution in [1.29, 1.82) is 0 Å². The van der Waals surface area contributed by atoms with Gasteiger partial charge in [-0.1, -0.05) is 6.07 Å². The summed E-state index contributed by atoms with van der Waals surface area (Å²) in [5, 5.41) is 12.8. The average molecular weight is 363 g/mol. The number of hydrogen-bond acceptors (Lipinski definition) is 6. The Balaban J connectivity index is 1.40. The van der Waals surface area contributed by atoms with Crippen LogP contribution in [0.2, 0.25) is 0 Å². The maximum atomic E-state index is 12.0. The molecule has 128 valence electrons. The van der Waals surface area contributed by atoms with Gasteiger partial charge in [-0.25, -0.2) is 4.98 Å². The van der Waals surface area contributed by atoms with Crippen LogP contribution in [0.4, 0.5) is 5.69 Å². The van der Waals surface area contributed by atoms with Gasteiger partial charge in [0.05, 0.1) is 4.88 Å². The largest absolute Gasteiger partial charge is 0.438 e. The Morgan fingerprint density at radius 1 is 1.08 bits per heavy atom. The molecule has 8 heteroatoms. The zero-order valence-corrected chi connectivity index (χ0v) is 14.3. The molecule has 0 bridgehead atoms. The van der Waals surface area contributed by atoms with E-state index in [1.54, 1.807) is 65.8 Å². The summed E-state index contributed by atoms with van der Waals surface area (Å²) in [5.41, 5.74) is 0.692. The number of nitrogens with zero attached hydrogens (tertiary/aromatic N) is 4. The fourth-order valence-electron chi connectivity index (χ4n) is 2.23. The topological polar surface area (TPSA) is 81.9 Å². The van der Waals surface area contributed by atoms with Crippen molar-refractivity contribution in [3.05, 3.63) is 77.5 Å². The number of amides is 1. The molecule has 7 nitrogen and oxygen atoms in total. The number of hydrogen-bond donors (Lipinski definition) is 1. The molecule has 0 aliphatic carbocycles. The van der Waals surface area contributed by atoms with Gasteiger partial charge in [0.1, 0.15) is 12.1 Å². The molecule has 3 heterocycles. The summed E-state index contributed by atoms with van der Waals surface area (Å²) in [6.07, 6.45) is 5.10. The Hall–Kier alpha value is -3.52. The van der Waals surface area contributed by atoms with Crippen molar-refractivity contribution in [2.45, 2.75) is 0 Å². The van der Waals surface area contributed by atoms with E-state index >= 15 is 0 Å². The SMILES string of the molecule is O=C(Nc1ccc(Oc2ccc(-n3ccnc3)nn2)cc1)c1cccs1. The molecule has 0 spiro atoms. The lowest BCUT2D eigenvalue weighted by atomic mass is 10.3. The zero-order chi connectivity index (χ0) is 17.8. The van der Waals surface area contributed by atoms with E-state index in [1.807, 2.05) is 11.4 Å². The van der Waals surface area contributed by atoms with Crippen LogP contribution in [0.15, 0.2) is 72.6 Å². The number of nitrogens with one attached hydrogen (secondary N) is 1. The molecule has 1 N–H and O–H groups in total. The van der Waals surface area contributed by atoms with Crippen LogP contribution in [-0.2, 0) is 0 Å². The van der Waals surface area contributed by atoms with Crippen LogP contribution in [0, 0.1) is 0 Å². The van der Waals surface area contributed by atoms with Gasteiger partial charge < -0.3 is 10.1 Å². The van der Waals surface area contributed by atoms with Gasteiger partial charge >= 0.3 is 0 Å². The maximum Gasteiger partial charge on any atom is 0.265 e. The second kappa shape index (κ2) is 7.16. The quantitative estimate of drug-likeness (QED) is 0.584. The molecule has 0 saturated carbocycles. The van der Waals surface area contributed by atoms with Crippen LogP contribution in [0.5, 0.6) is 11.6 Å². The van der Waals surface area contributed by atoms with Crippen molar-refractivity contribution in [3.8, 4) is 17.4 Å². The minimum Gasteiger partial charge on any atom is -0.438 e.